The van der Waals surface area contributed by atoms with E-state index >= 15 is 0 Å². The van der Waals surface area contributed by atoms with E-state index in [-0.39, 0.29) is 23.9 Å². The number of benzene rings is 1. The maximum Gasteiger partial charge on any atom is 0.254 e. The van der Waals surface area contributed by atoms with E-state index < -0.39 is 5.82 Å². The van der Waals surface area contributed by atoms with Crippen LogP contribution in [0.2, 0.25) is 0 Å². The summed E-state index contributed by atoms with van der Waals surface area (Å²) in [6, 6.07) is 4.89. The summed E-state index contributed by atoms with van der Waals surface area (Å²) in [7, 11) is 0. The standard InChI is InChI=1S/C13H17FN2O.ClH/c1-9-4-5-12(14)11(7-9)13(17)16-8-10-3-2-6-15-10;/h4-5,7,10,15H,2-3,6,8H2,1H3,(H,16,17);1H. The Kier molecular flexibility index (Phi) is 5.56. The predicted octanol–water partition coefficient (Wildman–Crippen LogP) is 2.04. The molecule has 0 bridgehead atoms. The smallest absolute Gasteiger partial charge is 0.254 e. The van der Waals surface area contributed by atoms with Gasteiger partial charge in [0.25, 0.3) is 5.91 Å². The van der Waals surface area contributed by atoms with Crippen LogP contribution in [0.5, 0.6) is 0 Å². The molecule has 0 aliphatic carbocycles. The molecule has 0 radical (unpaired) electrons. The number of aryl methyl sites for hydroxylation is 1. The van der Waals surface area contributed by atoms with Gasteiger partial charge in [-0.15, -0.1) is 12.4 Å². The van der Waals surface area contributed by atoms with Crippen LogP contribution in [0.1, 0.15) is 28.8 Å². The summed E-state index contributed by atoms with van der Waals surface area (Å²) in [6.07, 6.45) is 2.20. The highest BCUT2D eigenvalue weighted by Gasteiger charge is 2.16. The van der Waals surface area contributed by atoms with Crippen LogP contribution >= 0.6 is 12.4 Å². The summed E-state index contributed by atoms with van der Waals surface area (Å²) >= 11 is 0. The first-order valence-electron chi connectivity index (χ1n) is 5.94. The summed E-state index contributed by atoms with van der Waals surface area (Å²) in [6.45, 7) is 3.40. The second-order valence-electron chi connectivity index (χ2n) is 4.49. The Bertz CT molecular complexity index is 419. The van der Waals surface area contributed by atoms with Crippen LogP contribution in [0.4, 0.5) is 4.39 Å². The lowest BCUT2D eigenvalue weighted by molar-refractivity contribution is 0.0946. The number of carbonyl (C=O) groups is 1. The van der Waals surface area contributed by atoms with Crippen molar-refractivity contribution < 1.29 is 9.18 Å². The SMILES string of the molecule is Cc1ccc(F)c(C(=O)NCC2CCCN2)c1.Cl. The minimum atomic E-state index is -0.465. The molecule has 5 heteroatoms. The lowest BCUT2D eigenvalue weighted by Gasteiger charge is -2.12. The van der Waals surface area contributed by atoms with Crippen molar-refractivity contribution in [2.75, 3.05) is 13.1 Å². The summed E-state index contributed by atoms with van der Waals surface area (Å²) < 4.78 is 13.4. The molecule has 1 amide bonds. The van der Waals surface area contributed by atoms with Gasteiger partial charge in [0.2, 0.25) is 0 Å². The molecular formula is C13H18ClFN2O. The first-order valence-corrected chi connectivity index (χ1v) is 5.94. The van der Waals surface area contributed by atoms with Crippen LogP contribution in [0.25, 0.3) is 0 Å². The zero-order valence-corrected chi connectivity index (χ0v) is 11.1. The number of hydrogen-bond acceptors (Lipinski definition) is 2. The van der Waals surface area contributed by atoms with Gasteiger partial charge in [-0.3, -0.25) is 4.79 Å². The summed E-state index contributed by atoms with van der Waals surface area (Å²) in [5.41, 5.74) is 1.01. The fourth-order valence-electron chi connectivity index (χ4n) is 2.06. The Hall–Kier alpha value is -1.13. The number of halogens is 2. The second-order valence-corrected chi connectivity index (χ2v) is 4.49. The minimum Gasteiger partial charge on any atom is -0.350 e. The molecule has 1 saturated heterocycles. The van der Waals surface area contributed by atoms with Crippen molar-refractivity contribution in [2.24, 2.45) is 0 Å². The molecule has 1 aliphatic rings. The number of carbonyl (C=O) groups excluding carboxylic acids is 1. The van der Waals surface area contributed by atoms with Gasteiger partial charge < -0.3 is 10.6 Å². The first-order chi connectivity index (χ1) is 8.16. The minimum absolute atomic E-state index is 0. The number of amides is 1. The average molecular weight is 273 g/mol. The molecule has 100 valence electrons. The van der Waals surface area contributed by atoms with Crippen LogP contribution in [0.15, 0.2) is 18.2 Å². The van der Waals surface area contributed by atoms with Crippen molar-refractivity contribution in [1.29, 1.82) is 0 Å². The van der Waals surface area contributed by atoms with Gasteiger partial charge in [0.15, 0.2) is 0 Å². The predicted molar refractivity (Wildman–Crippen MR) is 71.7 cm³/mol. The molecule has 3 nitrogen and oxygen atoms in total. The third-order valence-corrected chi connectivity index (χ3v) is 3.04. The van der Waals surface area contributed by atoms with Crippen molar-refractivity contribution in [3.8, 4) is 0 Å². The summed E-state index contributed by atoms with van der Waals surface area (Å²) in [5.74, 6) is -0.799. The van der Waals surface area contributed by atoms with Crippen molar-refractivity contribution in [1.82, 2.24) is 10.6 Å². The van der Waals surface area contributed by atoms with Gasteiger partial charge in [0, 0.05) is 12.6 Å². The average Bonchev–Trinajstić information content (AvgIpc) is 2.82. The first kappa shape index (κ1) is 14.9. The van der Waals surface area contributed by atoms with Crippen molar-refractivity contribution in [3.05, 3.63) is 35.1 Å². The van der Waals surface area contributed by atoms with E-state index in [4.69, 9.17) is 0 Å². The molecule has 18 heavy (non-hydrogen) atoms. The van der Waals surface area contributed by atoms with E-state index in [9.17, 15) is 9.18 Å². The Labute approximate surface area is 113 Å². The van der Waals surface area contributed by atoms with Gasteiger partial charge >= 0.3 is 0 Å². The summed E-state index contributed by atoms with van der Waals surface area (Å²) in [4.78, 5) is 11.8. The molecule has 1 unspecified atom stereocenters. The van der Waals surface area contributed by atoms with Gasteiger partial charge in [-0.25, -0.2) is 4.39 Å². The van der Waals surface area contributed by atoms with E-state index in [1.807, 2.05) is 6.92 Å². The van der Waals surface area contributed by atoms with Crippen LogP contribution in [-0.4, -0.2) is 25.0 Å². The number of rotatable bonds is 3. The quantitative estimate of drug-likeness (QED) is 0.884. The summed E-state index contributed by atoms with van der Waals surface area (Å²) in [5, 5.41) is 6.05. The molecule has 1 aliphatic heterocycles. The van der Waals surface area contributed by atoms with E-state index in [0.29, 0.717) is 12.6 Å². The van der Waals surface area contributed by atoms with Crippen molar-refractivity contribution in [2.45, 2.75) is 25.8 Å². The van der Waals surface area contributed by atoms with Crippen LogP contribution in [0.3, 0.4) is 0 Å². The van der Waals surface area contributed by atoms with Crippen LogP contribution in [-0.2, 0) is 0 Å². The lowest BCUT2D eigenvalue weighted by atomic mass is 10.1. The van der Waals surface area contributed by atoms with Gasteiger partial charge in [-0.2, -0.15) is 0 Å². The third kappa shape index (κ3) is 3.68. The van der Waals surface area contributed by atoms with Crippen molar-refractivity contribution in [3.63, 3.8) is 0 Å². The molecule has 1 aromatic carbocycles. The van der Waals surface area contributed by atoms with Gasteiger partial charge in [0.1, 0.15) is 5.82 Å². The van der Waals surface area contributed by atoms with Crippen LogP contribution in [0, 0.1) is 12.7 Å². The van der Waals surface area contributed by atoms with E-state index in [0.717, 1.165) is 24.9 Å². The molecule has 1 aromatic rings. The van der Waals surface area contributed by atoms with E-state index in [2.05, 4.69) is 10.6 Å². The van der Waals surface area contributed by atoms with Crippen molar-refractivity contribution >= 4 is 18.3 Å². The zero-order chi connectivity index (χ0) is 12.3. The molecule has 1 fully saturated rings. The Morgan fingerprint density at radius 1 is 1.56 bits per heavy atom. The monoisotopic (exact) mass is 272 g/mol. The Balaban J connectivity index is 0.00000162. The second kappa shape index (κ2) is 6.71. The maximum atomic E-state index is 13.4. The normalized spacial score (nSPS) is 18.2. The maximum absolute atomic E-state index is 13.4. The third-order valence-electron chi connectivity index (χ3n) is 3.04. The van der Waals surface area contributed by atoms with Gasteiger partial charge in [0.05, 0.1) is 5.56 Å². The molecule has 0 aromatic heterocycles. The number of nitrogens with one attached hydrogen (secondary N) is 2. The highest BCUT2D eigenvalue weighted by molar-refractivity contribution is 5.94. The topological polar surface area (TPSA) is 41.1 Å². The van der Waals surface area contributed by atoms with E-state index in [1.54, 1.807) is 12.1 Å². The highest BCUT2D eigenvalue weighted by atomic mass is 35.5. The van der Waals surface area contributed by atoms with Crippen LogP contribution < -0.4 is 10.6 Å². The molecule has 0 saturated carbocycles. The molecule has 1 heterocycles. The molecule has 2 N–H and O–H groups in total. The largest absolute Gasteiger partial charge is 0.350 e. The molecular weight excluding hydrogens is 255 g/mol. The Morgan fingerprint density at radius 3 is 3.00 bits per heavy atom. The van der Waals surface area contributed by atoms with E-state index in [1.165, 1.54) is 6.07 Å². The Morgan fingerprint density at radius 2 is 2.33 bits per heavy atom. The zero-order valence-electron chi connectivity index (χ0n) is 10.3. The van der Waals surface area contributed by atoms with Gasteiger partial charge in [-0.1, -0.05) is 11.6 Å². The highest BCUT2D eigenvalue weighted by Crippen LogP contribution is 2.10. The lowest BCUT2D eigenvalue weighted by Crippen LogP contribution is -2.37. The fraction of sp³-hybridized carbons (Fsp3) is 0.462. The molecule has 2 rings (SSSR count). The molecule has 0 spiro atoms. The van der Waals surface area contributed by atoms with Gasteiger partial charge in [-0.05, 0) is 38.4 Å². The fourth-order valence-corrected chi connectivity index (χ4v) is 2.06. The molecule has 1 atom stereocenters. The number of hydrogen-bond donors (Lipinski definition) is 2.